The first kappa shape index (κ1) is 16.8. The molecule has 23 heavy (non-hydrogen) atoms. The standard InChI is InChI=1S/C23H24/c1-19(22-16-9-6-10-17-22)13-7-4-5-8-14-20(2)23-18-12-11-15-21(23)3/h5-13,15-18H,1,3-4,14H2,2H3/b8-5-,13-7+,23-20+. The lowest BCUT2D eigenvalue weighted by molar-refractivity contribution is 1.28. The Hall–Kier alpha value is -2.60. The van der Waals surface area contributed by atoms with Gasteiger partial charge in [-0.1, -0.05) is 97.6 Å². The molecule has 0 saturated carbocycles. The molecule has 0 nitrogen and oxygen atoms in total. The van der Waals surface area contributed by atoms with Crippen LogP contribution in [0.1, 0.15) is 25.3 Å². The summed E-state index contributed by atoms with van der Waals surface area (Å²) in [4.78, 5) is 0. The van der Waals surface area contributed by atoms with Gasteiger partial charge in [-0.25, -0.2) is 0 Å². The van der Waals surface area contributed by atoms with Gasteiger partial charge in [-0.3, -0.25) is 0 Å². The molecule has 0 heteroatoms. The summed E-state index contributed by atoms with van der Waals surface area (Å²) in [6, 6.07) is 18.5. The summed E-state index contributed by atoms with van der Waals surface area (Å²) in [5, 5.41) is 2.35. The van der Waals surface area contributed by atoms with Crippen molar-refractivity contribution in [3.05, 3.63) is 101 Å². The maximum Gasteiger partial charge on any atom is -0.0132 e. The third kappa shape index (κ3) is 5.27. The molecule has 2 aromatic carbocycles. The fraction of sp³-hybridized carbons (Fsp3) is 0.130. The van der Waals surface area contributed by atoms with E-state index in [1.165, 1.54) is 16.4 Å². The summed E-state index contributed by atoms with van der Waals surface area (Å²) >= 11 is 0. The van der Waals surface area contributed by atoms with Crippen molar-refractivity contribution in [2.75, 3.05) is 0 Å². The van der Waals surface area contributed by atoms with Crippen LogP contribution in [-0.2, 0) is 0 Å². The van der Waals surface area contributed by atoms with Crippen LogP contribution in [0, 0.1) is 0 Å². The topological polar surface area (TPSA) is 0 Å². The van der Waals surface area contributed by atoms with Gasteiger partial charge in [0, 0.05) is 0 Å². The highest BCUT2D eigenvalue weighted by atomic mass is 14.0. The fourth-order valence-electron chi connectivity index (χ4n) is 2.44. The molecular formula is C23H24. The van der Waals surface area contributed by atoms with Crippen LogP contribution in [0.25, 0.3) is 17.7 Å². The Bertz CT molecular complexity index is 805. The molecule has 0 bridgehead atoms. The van der Waals surface area contributed by atoms with E-state index in [1.54, 1.807) is 0 Å². The maximum absolute atomic E-state index is 4.10. The predicted octanol–water partition coefficient (Wildman–Crippen LogP) is 4.87. The van der Waals surface area contributed by atoms with E-state index in [1.807, 2.05) is 24.3 Å². The summed E-state index contributed by atoms with van der Waals surface area (Å²) < 4.78 is 0. The molecule has 0 aliphatic carbocycles. The second kappa shape index (κ2) is 8.75. The van der Waals surface area contributed by atoms with Gasteiger partial charge in [-0.2, -0.15) is 0 Å². The molecule has 0 atom stereocenters. The summed E-state index contributed by atoms with van der Waals surface area (Å²) in [6.45, 7) is 10.3. The molecule has 0 amide bonds. The zero-order valence-electron chi connectivity index (χ0n) is 13.8. The molecule has 0 N–H and O–H groups in total. The number of benzene rings is 2. The molecule has 0 fully saturated rings. The van der Waals surface area contributed by atoms with E-state index in [9.17, 15) is 0 Å². The lowest BCUT2D eigenvalue weighted by Gasteiger charge is -1.98. The van der Waals surface area contributed by atoms with Gasteiger partial charge in [0.05, 0.1) is 0 Å². The van der Waals surface area contributed by atoms with Crippen LogP contribution >= 0.6 is 0 Å². The van der Waals surface area contributed by atoms with Gasteiger partial charge >= 0.3 is 0 Å². The molecule has 0 aliphatic rings. The lowest BCUT2D eigenvalue weighted by atomic mass is 10.1. The molecule has 0 heterocycles. The van der Waals surface area contributed by atoms with Crippen LogP contribution in [0.2, 0.25) is 0 Å². The van der Waals surface area contributed by atoms with Crippen LogP contribution in [0.4, 0.5) is 0 Å². The van der Waals surface area contributed by atoms with Crippen LogP contribution in [-0.4, -0.2) is 0 Å². The van der Waals surface area contributed by atoms with Gasteiger partial charge in [0.1, 0.15) is 0 Å². The first-order valence-corrected chi connectivity index (χ1v) is 7.98. The first-order valence-electron chi connectivity index (χ1n) is 7.98. The highest BCUT2D eigenvalue weighted by Gasteiger charge is 1.92. The van der Waals surface area contributed by atoms with Gasteiger partial charge in [-0.15, -0.1) is 0 Å². The molecule has 0 aliphatic heterocycles. The summed E-state index contributed by atoms with van der Waals surface area (Å²) in [5.74, 6) is 0. The molecule has 0 unspecified atom stereocenters. The number of rotatable bonds is 6. The largest absolute Gasteiger partial charge is 0.0912 e. The van der Waals surface area contributed by atoms with E-state index < -0.39 is 0 Å². The molecular weight excluding hydrogens is 276 g/mol. The maximum atomic E-state index is 4.10. The van der Waals surface area contributed by atoms with E-state index in [0.717, 1.165) is 23.6 Å². The van der Waals surface area contributed by atoms with Crippen molar-refractivity contribution in [1.29, 1.82) is 0 Å². The molecule has 0 saturated heterocycles. The SMILES string of the molecule is C=C(/C=C/C/C=C\C/C(C)=c1\ccccc1=C)c1ccccc1. The summed E-state index contributed by atoms with van der Waals surface area (Å²) in [6.07, 6.45) is 10.5. The summed E-state index contributed by atoms with van der Waals surface area (Å²) in [5.41, 5.74) is 3.57. The second-order valence-corrected chi connectivity index (χ2v) is 5.64. The summed E-state index contributed by atoms with van der Waals surface area (Å²) in [7, 11) is 0. The molecule has 116 valence electrons. The van der Waals surface area contributed by atoms with Gasteiger partial charge in [0.2, 0.25) is 0 Å². The zero-order chi connectivity index (χ0) is 16.5. The Morgan fingerprint density at radius 2 is 1.61 bits per heavy atom. The van der Waals surface area contributed by atoms with Crippen molar-refractivity contribution in [3.63, 3.8) is 0 Å². The Kier molecular flexibility index (Phi) is 6.38. The highest BCUT2D eigenvalue weighted by molar-refractivity contribution is 5.71. The Labute approximate surface area is 139 Å². The van der Waals surface area contributed by atoms with Crippen molar-refractivity contribution in [2.45, 2.75) is 19.8 Å². The lowest BCUT2D eigenvalue weighted by Crippen LogP contribution is -2.23. The minimum atomic E-state index is 0.922. The normalized spacial score (nSPS) is 12.7. The van der Waals surface area contributed by atoms with Gasteiger partial charge in [-0.05, 0) is 41.3 Å². The average Bonchev–Trinajstić information content (AvgIpc) is 2.58. The first-order chi connectivity index (χ1) is 11.2. The van der Waals surface area contributed by atoms with Crippen LogP contribution in [0.15, 0.2) is 85.5 Å². The third-order valence-electron chi connectivity index (χ3n) is 3.80. The van der Waals surface area contributed by atoms with Crippen molar-refractivity contribution in [3.8, 4) is 0 Å². The Morgan fingerprint density at radius 3 is 2.35 bits per heavy atom. The van der Waals surface area contributed by atoms with Gasteiger partial charge < -0.3 is 0 Å². The van der Waals surface area contributed by atoms with E-state index in [-0.39, 0.29) is 0 Å². The number of allylic oxidation sites excluding steroid dienone is 5. The molecule has 0 radical (unpaired) electrons. The minimum absolute atomic E-state index is 0.922. The number of hydrogen-bond donors (Lipinski definition) is 0. The predicted molar refractivity (Wildman–Crippen MR) is 103 cm³/mol. The molecule has 2 rings (SSSR count). The van der Waals surface area contributed by atoms with E-state index in [0.29, 0.717) is 0 Å². The van der Waals surface area contributed by atoms with Crippen molar-refractivity contribution in [2.24, 2.45) is 0 Å². The highest BCUT2D eigenvalue weighted by Crippen LogP contribution is 2.13. The zero-order valence-corrected chi connectivity index (χ0v) is 13.8. The number of hydrogen-bond acceptors (Lipinski definition) is 0. The smallest absolute Gasteiger partial charge is 0.0132 e. The quantitative estimate of drug-likeness (QED) is 0.527. The third-order valence-corrected chi connectivity index (χ3v) is 3.80. The molecule has 0 aromatic heterocycles. The Morgan fingerprint density at radius 1 is 0.913 bits per heavy atom. The van der Waals surface area contributed by atoms with Crippen LogP contribution < -0.4 is 10.4 Å². The monoisotopic (exact) mass is 300 g/mol. The van der Waals surface area contributed by atoms with E-state index >= 15 is 0 Å². The van der Waals surface area contributed by atoms with E-state index in [2.05, 4.69) is 74.7 Å². The minimum Gasteiger partial charge on any atom is -0.0912 e. The second-order valence-electron chi connectivity index (χ2n) is 5.64. The van der Waals surface area contributed by atoms with Crippen molar-refractivity contribution >= 4 is 17.7 Å². The van der Waals surface area contributed by atoms with E-state index in [4.69, 9.17) is 0 Å². The Balaban J connectivity index is 1.87. The fourth-order valence-corrected chi connectivity index (χ4v) is 2.44. The van der Waals surface area contributed by atoms with Crippen LogP contribution in [0.5, 0.6) is 0 Å². The van der Waals surface area contributed by atoms with Gasteiger partial charge in [0.25, 0.3) is 0 Å². The van der Waals surface area contributed by atoms with Crippen LogP contribution in [0.3, 0.4) is 0 Å². The van der Waals surface area contributed by atoms with Gasteiger partial charge in [0.15, 0.2) is 0 Å². The molecule has 0 spiro atoms. The molecule has 2 aromatic rings. The average molecular weight is 300 g/mol. The van der Waals surface area contributed by atoms with Crippen molar-refractivity contribution in [1.82, 2.24) is 0 Å². The van der Waals surface area contributed by atoms with Crippen molar-refractivity contribution < 1.29 is 0 Å².